The van der Waals surface area contributed by atoms with Crippen LogP contribution in [0, 0.1) is 13.8 Å². The number of ether oxygens (including phenoxy) is 1. The number of fused-ring (bicyclic) bond motifs is 4. The molecule has 0 aliphatic carbocycles. The van der Waals surface area contributed by atoms with Crippen LogP contribution in [0.25, 0.3) is 11.1 Å². The first-order valence-corrected chi connectivity index (χ1v) is 25.2. The molecule has 1 aliphatic rings. The fraction of sp³-hybridized carbons (Fsp3) is 0.471. The molecule has 1 heterocycles. The molecule has 0 saturated heterocycles. The third kappa shape index (κ3) is 6.70. The topological polar surface area (TPSA) is 33.9 Å². The van der Waals surface area contributed by atoms with Gasteiger partial charge in [-0.25, -0.2) is 0 Å². The van der Waals surface area contributed by atoms with Crippen LogP contribution in [0.4, 0.5) is 11.4 Å². The second-order valence-electron chi connectivity index (χ2n) is 13.6. The van der Waals surface area contributed by atoms with Crippen molar-refractivity contribution in [2.45, 2.75) is 66.2 Å². The fourth-order valence-electron chi connectivity index (χ4n) is 5.31. The number of hydrogen-bond acceptors (Lipinski definition) is 4. The van der Waals surface area contributed by atoms with Crippen molar-refractivity contribution >= 4 is 49.0 Å². The SMILES string of the molecule is COCCN1c2ccccc2-c2cc(C)cc(C(C)(C)C)c2OB(I(C)(I)=[N+](C)C)Oc2c1cc(C)cc2C(C)(C)C. The van der Waals surface area contributed by atoms with Crippen molar-refractivity contribution in [2.75, 3.05) is 44.2 Å². The first-order valence-electron chi connectivity index (χ1n) is 14.5. The van der Waals surface area contributed by atoms with E-state index in [9.17, 15) is 0 Å². The van der Waals surface area contributed by atoms with Gasteiger partial charge in [0, 0.05) is 0 Å². The van der Waals surface area contributed by atoms with Crippen molar-refractivity contribution in [2.24, 2.45) is 0 Å². The third-order valence-corrected chi connectivity index (χ3v) is 21.4. The Hall–Kier alpha value is -1.66. The van der Waals surface area contributed by atoms with Crippen LogP contribution < -0.4 is 14.2 Å². The van der Waals surface area contributed by atoms with E-state index in [0.29, 0.717) is 13.2 Å². The summed E-state index contributed by atoms with van der Waals surface area (Å²) in [4.78, 5) is 4.32. The molecule has 0 saturated carbocycles. The number of methoxy groups -OCH3 is 1. The van der Waals surface area contributed by atoms with Crippen LogP contribution in [0.1, 0.15) is 63.8 Å². The maximum atomic E-state index is 7.32. The Morgan fingerprint density at radius 1 is 0.833 bits per heavy atom. The second kappa shape index (κ2) is 12.4. The summed E-state index contributed by atoms with van der Waals surface area (Å²) in [6, 6.07) is 17.8. The molecular weight excluding hydrogens is 749 g/mol. The van der Waals surface area contributed by atoms with Gasteiger partial charge in [-0.05, 0) is 0 Å². The van der Waals surface area contributed by atoms with Gasteiger partial charge in [-0.1, -0.05) is 0 Å². The molecule has 228 valence electrons. The van der Waals surface area contributed by atoms with E-state index in [1.54, 1.807) is 7.11 Å². The van der Waals surface area contributed by atoms with E-state index in [-0.39, 0.29) is 10.8 Å². The Morgan fingerprint density at radius 2 is 1.38 bits per heavy atom. The van der Waals surface area contributed by atoms with Crippen molar-refractivity contribution in [3.8, 4) is 22.6 Å². The second-order valence-corrected chi connectivity index (χ2v) is 32.0. The number of para-hydroxylation sites is 1. The minimum absolute atomic E-state index is 0.132. The van der Waals surface area contributed by atoms with Gasteiger partial charge in [0.2, 0.25) is 0 Å². The van der Waals surface area contributed by atoms with Gasteiger partial charge >= 0.3 is 270 Å². The Balaban J connectivity index is 2.24. The minimum atomic E-state index is -2.87. The predicted octanol–water partition coefficient (Wildman–Crippen LogP) is 9.58. The number of halogens is 2. The average molecular weight is 797 g/mol. The molecule has 0 spiro atoms. The van der Waals surface area contributed by atoms with Gasteiger partial charge in [0.15, 0.2) is 0 Å². The van der Waals surface area contributed by atoms with Crippen LogP contribution in [0.15, 0.2) is 48.5 Å². The van der Waals surface area contributed by atoms with E-state index in [2.05, 4.69) is 149 Å². The Morgan fingerprint density at radius 3 is 1.95 bits per heavy atom. The first-order chi connectivity index (χ1) is 19.5. The van der Waals surface area contributed by atoms with Crippen LogP contribution in [0.3, 0.4) is 0 Å². The number of benzene rings is 3. The van der Waals surface area contributed by atoms with Crippen molar-refractivity contribution in [3.63, 3.8) is 0 Å². The summed E-state index contributed by atoms with van der Waals surface area (Å²) in [5.74, 6) is 1.81. The molecule has 0 N–H and O–H groups in total. The molecule has 0 amide bonds. The zero-order valence-electron chi connectivity index (χ0n) is 27.5. The molecule has 0 bridgehead atoms. The van der Waals surface area contributed by atoms with Gasteiger partial charge in [-0.2, -0.15) is 0 Å². The predicted molar refractivity (Wildman–Crippen MR) is 197 cm³/mol. The maximum absolute atomic E-state index is 7.32. The number of rotatable bonds is 4. The Bertz CT molecular complexity index is 1530. The summed E-state index contributed by atoms with van der Waals surface area (Å²) in [6.45, 7) is 19.2. The number of nitrogens with zero attached hydrogens (tertiary/aromatic N) is 2. The number of alkyl halides is 1. The van der Waals surface area contributed by atoms with Crippen molar-refractivity contribution in [1.29, 1.82) is 0 Å². The summed E-state index contributed by atoms with van der Waals surface area (Å²) < 4.78 is 22.7. The van der Waals surface area contributed by atoms with Crippen molar-refractivity contribution in [1.82, 2.24) is 0 Å². The van der Waals surface area contributed by atoms with E-state index in [0.717, 1.165) is 34.0 Å². The normalized spacial score (nSPS) is 15.8. The quantitative estimate of drug-likeness (QED) is 0.150. The van der Waals surface area contributed by atoms with Crippen LogP contribution in [-0.2, 0) is 15.6 Å². The standard InChI is InChI=1S/C34H48BI2N2O3/c1-23-19-26-25-15-13-14-16-29(25)39(17-18-40-12)30-22-24(2)21-28(34(6,7)8)32(30)42-35(37(9,36)38(10)11)41-31(26)27(20-23)33(3,4)5/h13-16,19-22H,17-18H2,1-12H3/q+1. The van der Waals surface area contributed by atoms with Gasteiger partial charge < -0.3 is 0 Å². The molecule has 5 nitrogen and oxygen atoms in total. The van der Waals surface area contributed by atoms with Crippen LogP contribution in [0.2, 0.25) is 0 Å². The van der Waals surface area contributed by atoms with E-state index >= 15 is 0 Å². The molecule has 42 heavy (non-hydrogen) atoms. The molecule has 8 heteroatoms. The van der Waals surface area contributed by atoms with Crippen molar-refractivity contribution < 1.29 is 16.8 Å². The number of aryl methyl sites for hydroxylation is 2. The van der Waals surface area contributed by atoms with E-state index in [4.69, 9.17) is 14.0 Å². The van der Waals surface area contributed by atoms with Gasteiger partial charge in [0.05, 0.1) is 0 Å². The Kier molecular flexibility index (Phi) is 9.80. The molecule has 1 aliphatic heterocycles. The molecule has 1 unspecified atom stereocenters. The molecule has 3 aromatic rings. The molecular formula is C34H48BI2N2O3+. The first kappa shape index (κ1) is 33.2. The van der Waals surface area contributed by atoms with E-state index < -0.39 is 19.0 Å². The summed E-state index contributed by atoms with van der Waals surface area (Å²) in [5, 5.41) is 0. The van der Waals surface area contributed by atoms with Gasteiger partial charge in [-0.15, -0.1) is 0 Å². The molecule has 3 aromatic carbocycles. The average Bonchev–Trinajstić information content (AvgIpc) is 2.88. The van der Waals surface area contributed by atoms with Crippen LogP contribution >= 0.6 is 32.7 Å². The van der Waals surface area contributed by atoms with E-state index in [1.165, 1.54) is 22.3 Å². The van der Waals surface area contributed by atoms with Crippen LogP contribution in [0.5, 0.6) is 11.5 Å². The molecule has 0 fully saturated rings. The van der Waals surface area contributed by atoms with Crippen LogP contribution in [-0.4, -0.2) is 47.0 Å². The monoisotopic (exact) mass is 797 g/mol. The Labute approximate surface area is 267 Å². The summed E-state index contributed by atoms with van der Waals surface area (Å²) >= 11 is -0.202. The summed E-state index contributed by atoms with van der Waals surface area (Å²) in [7, 11) is 6.10. The molecule has 4 rings (SSSR count). The zero-order valence-corrected chi connectivity index (χ0v) is 31.8. The fourth-order valence-corrected chi connectivity index (χ4v) is 8.95. The zero-order chi connectivity index (χ0) is 31.2. The van der Waals surface area contributed by atoms with E-state index in [1.807, 2.05) is 0 Å². The number of hydrogen-bond donors (Lipinski definition) is 0. The van der Waals surface area contributed by atoms with Crippen molar-refractivity contribution in [3.05, 3.63) is 70.8 Å². The van der Waals surface area contributed by atoms with Gasteiger partial charge in [-0.3, -0.25) is 0 Å². The number of anilines is 2. The summed E-state index contributed by atoms with van der Waals surface area (Å²) in [5.41, 5.74) is 8.93. The van der Waals surface area contributed by atoms with Gasteiger partial charge in [0.1, 0.15) is 0 Å². The van der Waals surface area contributed by atoms with Gasteiger partial charge in [0.25, 0.3) is 0 Å². The molecule has 0 aromatic heterocycles. The molecule has 1 atom stereocenters. The molecule has 0 radical (unpaired) electrons. The summed E-state index contributed by atoms with van der Waals surface area (Å²) in [6.07, 6.45) is 0. The third-order valence-electron chi connectivity index (χ3n) is 7.77.